The summed E-state index contributed by atoms with van der Waals surface area (Å²) < 4.78 is 89.9. The Labute approximate surface area is 175 Å². The summed E-state index contributed by atoms with van der Waals surface area (Å²) in [5, 5.41) is 0. The molecule has 0 aromatic rings. The van der Waals surface area contributed by atoms with Gasteiger partial charge in [-0.05, 0) is 0 Å². The first-order valence-electron chi connectivity index (χ1n) is 5.58. The largest absolute Gasteiger partial charge is 0.699 e. The molecule has 0 radical (unpaired) electrons. The van der Waals surface area contributed by atoms with Crippen LogP contribution in [0, 0.1) is 0 Å². The summed E-state index contributed by atoms with van der Waals surface area (Å²) in [5.41, 5.74) is 0. The van der Waals surface area contributed by atoms with Gasteiger partial charge in [-0.2, -0.15) is 0 Å². The first kappa shape index (κ1) is 31.8. The predicted octanol–water partition coefficient (Wildman–Crippen LogP) is 0.134. The van der Waals surface area contributed by atoms with Crippen LogP contribution in [-0.2, 0) is 71.6 Å². The maximum Gasteiger partial charge on any atom is 0.699 e. The van der Waals surface area contributed by atoms with E-state index in [1.165, 1.54) is 0 Å². The van der Waals surface area contributed by atoms with Gasteiger partial charge >= 0.3 is 68.8 Å². The molecule has 0 aliphatic rings. The van der Waals surface area contributed by atoms with Gasteiger partial charge in [0.05, 0.1) is 0 Å². The summed E-state index contributed by atoms with van der Waals surface area (Å²) >= 11 is 0. The predicted molar refractivity (Wildman–Crippen MR) is 78.7 cm³/mol. The summed E-state index contributed by atoms with van der Waals surface area (Å²) in [5.74, 6) is 0. The van der Waals surface area contributed by atoms with Gasteiger partial charge in [0.2, 0.25) is 0 Å². The molecule has 0 saturated heterocycles. The Morgan fingerprint density at radius 1 is 0.448 bits per heavy atom. The zero-order chi connectivity index (χ0) is 22.0. The minimum Gasteiger partial charge on any atom is -0.133 e. The molecule has 6 N–H and O–H groups in total. The van der Waals surface area contributed by atoms with Crippen molar-refractivity contribution in [3.8, 4) is 0 Å². The van der Waals surface area contributed by atoms with E-state index in [4.69, 9.17) is 29.4 Å². The Bertz CT molecular complexity index is 509. The van der Waals surface area contributed by atoms with Gasteiger partial charge in [0.1, 0.15) is 0 Å². The third-order valence-corrected chi connectivity index (χ3v) is 3.98. The SMILES string of the molecule is O=[P+](O)OC(O[P+](=O)O)N(C(O[P+](=O)O)O[P+](=O)O)C(O[P+](=O)O)O[P+](=O)O.[Fe]. The van der Waals surface area contributed by atoms with Gasteiger partial charge in [-0.1, -0.05) is 27.1 Å². The maximum absolute atomic E-state index is 10.9. The van der Waals surface area contributed by atoms with Crippen LogP contribution >= 0.6 is 49.5 Å². The van der Waals surface area contributed by atoms with E-state index in [1.807, 2.05) is 0 Å². The molecule has 0 rings (SSSR count). The number of rotatable bonds is 15. The molecule has 0 spiro atoms. The zero-order valence-electron chi connectivity index (χ0n) is 12.8. The monoisotopic (exact) mass is 589 g/mol. The van der Waals surface area contributed by atoms with E-state index in [2.05, 4.69) is 27.1 Å². The van der Waals surface area contributed by atoms with Crippen LogP contribution in [0.25, 0.3) is 0 Å². The Hall–Kier alpha value is 0.599. The van der Waals surface area contributed by atoms with E-state index < -0.39 is 68.8 Å². The molecule has 166 valence electrons. The smallest absolute Gasteiger partial charge is 0.133 e. The van der Waals surface area contributed by atoms with Crippen molar-refractivity contribution in [2.24, 2.45) is 0 Å². The van der Waals surface area contributed by atoms with E-state index >= 15 is 0 Å². The van der Waals surface area contributed by atoms with Gasteiger partial charge in [0.25, 0.3) is 0 Å². The van der Waals surface area contributed by atoms with Crippen LogP contribution < -0.4 is 0 Å². The van der Waals surface area contributed by atoms with Gasteiger partial charge < -0.3 is 0 Å². The number of hydrogen-bond acceptors (Lipinski definition) is 13. The van der Waals surface area contributed by atoms with E-state index in [-0.39, 0.29) is 22.0 Å². The summed E-state index contributed by atoms with van der Waals surface area (Å²) in [4.78, 5) is 52.4. The molecule has 0 heterocycles. The average molecular weight is 589 g/mol. The molecule has 0 bridgehead atoms. The molecule has 0 aromatic heterocycles. The quantitative estimate of drug-likeness (QED) is 0.0841. The van der Waals surface area contributed by atoms with Crippen molar-refractivity contribution in [3.05, 3.63) is 0 Å². The van der Waals surface area contributed by atoms with Gasteiger partial charge in [-0.3, -0.25) is 0 Å². The third kappa shape index (κ3) is 15.1. The molecule has 0 aliphatic heterocycles. The Morgan fingerprint density at radius 3 is 0.690 bits per heavy atom. The third-order valence-electron chi connectivity index (χ3n) is 1.81. The second kappa shape index (κ2) is 16.3. The van der Waals surface area contributed by atoms with E-state index in [0.29, 0.717) is 0 Å². The average Bonchev–Trinajstić information content (AvgIpc) is 2.42. The van der Waals surface area contributed by atoms with Gasteiger partial charge in [-0.25, -0.2) is 0 Å². The van der Waals surface area contributed by atoms with Crippen LogP contribution in [0.4, 0.5) is 0 Å². The molecule has 19 nitrogen and oxygen atoms in total. The van der Waals surface area contributed by atoms with Crippen molar-refractivity contribution in [2.75, 3.05) is 0 Å². The summed E-state index contributed by atoms with van der Waals surface area (Å²) in [6.45, 7) is 0. The Balaban J connectivity index is 0. The molecule has 29 heavy (non-hydrogen) atoms. The fraction of sp³-hybridized carbons (Fsp3) is 1.00. The maximum atomic E-state index is 10.9. The van der Waals surface area contributed by atoms with E-state index in [0.717, 1.165) is 0 Å². The van der Waals surface area contributed by atoms with Gasteiger partial charge in [0, 0.05) is 44.5 Å². The molecule has 0 aliphatic carbocycles. The van der Waals surface area contributed by atoms with Crippen molar-refractivity contribution in [1.29, 1.82) is 0 Å². The minimum atomic E-state index is -3.75. The van der Waals surface area contributed by atoms with Crippen molar-refractivity contribution < 1.29 is 101 Å². The second-order valence-electron chi connectivity index (χ2n) is 3.43. The molecule has 0 aromatic carbocycles. The molecule has 26 heteroatoms. The summed E-state index contributed by atoms with van der Waals surface area (Å²) in [6, 6.07) is 0. The normalized spacial score (nSPS) is 17.5. The van der Waals surface area contributed by atoms with Crippen LogP contribution in [0.5, 0.6) is 0 Å². The Kier molecular flexibility index (Phi) is 17.8. The topological polar surface area (TPSA) is 282 Å². The van der Waals surface area contributed by atoms with E-state index in [1.54, 1.807) is 0 Å². The van der Waals surface area contributed by atoms with Crippen molar-refractivity contribution in [1.82, 2.24) is 4.90 Å². The van der Waals surface area contributed by atoms with Crippen LogP contribution in [0.1, 0.15) is 0 Å². The minimum absolute atomic E-state index is 0. The van der Waals surface area contributed by atoms with Crippen LogP contribution in [0.15, 0.2) is 0 Å². The summed E-state index contributed by atoms with van der Waals surface area (Å²) in [6.07, 6.45) is -8.40. The Morgan fingerprint density at radius 2 is 0.586 bits per heavy atom. The second-order valence-corrected chi connectivity index (χ2v) is 7.55. The summed E-state index contributed by atoms with van der Waals surface area (Å²) in [7, 11) is -22.5. The molecular weight excluding hydrogens is 580 g/mol. The molecule has 0 saturated carbocycles. The van der Waals surface area contributed by atoms with Crippen LogP contribution in [0.3, 0.4) is 0 Å². The zero-order valence-corrected chi connectivity index (χ0v) is 19.3. The van der Waals surface area contributed by atoms with E-state index in [9.17, 15) is 27.4 Å². The number of nitrogens with zero attached hydrogens (tertiary/aromatic N) is 1. The fourth-order valence-electron chi connectivity index (χ4n) is 1.15. The molecular formula is C3H9FeNO18P6+6. The first-order chi connectivity index (χ1) is 12.8. The van der Waals surface area contributed by atoms with Crippen LogP contribution in [0.2, 0.25) is 0 Å². The van der Waals surface area contributed by atoms with Gasteiger partial charge in [0.15, 0.2) is 0 Å². The molecule has 0 fully saturated rings. The molecule has 0 amide bonds. The van der Waals surface area contributed by atoms with Gasteiger partial charge in [-0.15, -0.1) is 34.3 Å². The van der Waals surface area contributed by atoms with Crippen molar-refractivity contribution in [2.45, 2.75) is 19.2 Å². The number of hydrogen-bond donors (Lipinski definition) is 6. The van der Waals surface area contributed by atoms with Crippen molar-refractivity contribution in [3.63, 3.8) is 0 Å². The standard InChI is InChI=1S/C3H3NO18P6.Fe/c5-23(6)17-1(18-24(7)8)4(2(19-25(9)10)20-26(11)12)3(21-27(13)14)22-28(15)16;/h1-3H;/p+6. The molecule has 6 atom stereocenters. The molecule has 6 unspecified atom stereocenters. The first-order valence-corrected chi connectivity index (χ1v) is 12.4. The van der Waals surface area contributed by atoms with Crippen LogP contribution in [-0.4, -0.2) is 53.5 Å². The van der Waals surface area contributed by atoms with Crippen molar-refractivity contribution >= 4 is 49.5 Å². The fourth-order valence-corrected chi connectivity index (χ4v) is 3.19.